The summed E-state index contributed by atoms with van der Waals surface area (Å²) in [5, 5.41) is 0.627. The minimum atomic E-state index is -4.33. The van der Waals surface area contributed by atoms with E-state index in [1.165, 1.54) is 39.5 Å². The van der Waals surface area contributed by atoms with Crippen molar-refractivity contribution in [3.63, 3.8) is 0 Å². The second-order valence-corrected chi connectivity index (χ2v) is 16.2. The maximum absolute atomic E-state index is 12.8. The lowest BCUT2D eigenvalue weighted by Crippen LogP contribution is -2.40. The number of nitrogens with zero attached hydrogens (tertiary/aromatic N) is 1. The summed E-state index contributed by atoms with van der Waals surface area (Å²) in [6, 6.07) is 11.7. The molecule has 2 aromatic carbocycles. The number of thioether (sulfide) groups is 1. The first kappa shape index (κ1) is 26.0. The van der Waals surface area contributed by atoms with E-state index in [0.717, 1.165) is 39.9 Å². The first-order valence-electron chi connectivity index (χ1n) is 10.8. The van der Waals surface area contributed by atoms with Crippen LogP contribution in [0.2, 0.25) is 18.1 Å². The standard InChI is InChI=1S/C25H30F3NOS2Si/c1-16-13-21(12-9-19(16)14-24(3,4)33(5,6)30)31-15-22-17(2)29-23(32-22)18-7-10-20(11-8-18)25(26,27)28/h7-13,30H,14-15H2,1-6H3. The number of thiazole rings is 1. The van der Waals surface area contributed by atoms with E-state index in [9.17, 15) is 18.0 Å². The van der Waals surface area contributed by atoms with Gasteiger partial charge in [0.05, 0.1) is 11.3 Å². The molecular formula is C25H30F3NOS2Si. The van der Waals surface area contributed by atoms with Crippen LogP contribution in [0.3, 0.4) is 0 Å². The molecule has 0 spiro atoms. The topological polar surface area (TPSA) is 33.1 Å². The van der Waals surface area contributed by atoms with Gasteiger partial charge >= 0.3 is 6.18 Å². The van der Waals surface area contributed by atoms with Crippen molar-refractivity contribution in [2.75, 3.05) is 0 Å². The van der Waals surface area contributed by atoms with Gasteiger partial charge in [-0.1, -0.05) is 32.0 Å². The molecule has 8 heteroatoms. The van der Waals surface area contributed by atoms with Crippen LogP contribution in [0.25, 0.3) is 10.6 Å². The van der Waals surface area contributed by atoms with Gasteiger partial charge in [-0.25, -0.2) is 4.98 Å². The lowest BCUT2D eigenvalue weighted by Gasteiger charge is -2.35. The third kappa shape index (κ3) is 6.29. The average molecular weight is 510 g/mol. The van der Waals surface area contributed by atoms with E-state index in [1.807, 2.05) is 20.0 Å². The van der Waals surface area contributed by atoms with Gasteiger partial charge in [0, 0.05) is 21.1 Å². The van der Waals surface area contributed by atoms with Crippen molar-refractivity contribution in [3.05, 3.63) is 69.7 Å². The fraction of sp³-hybridized carbons (Fsp3) is 0.400. The lowest BCUT2D eigenvalue weighted by atomic mass is 9.98. The first-order valence-corrected chi connectivity index (χ1v) is 15.5. The number of rotatable bonds is 7. The number of hydrogen-bond donors (Lipinski definition) is 1. The normalized spacial score (nSPS) is 12.9. The largest absolute Gasteiger partial charge is 0.432 e. The summed E-state index contributed by atoms with van der Waals surface area (Å²) in [6.07, 6.45) is -3.48. The summed E-state index contributed by atoms with van der Waals surface area (Å²) in [7, 11) is -2.27. The summed E-state index contributed by atoms with van der Waals surface area (Å²) < 4.78 is 38.4. The van der Waals surface area contributed by atoms with E-state index < -0.39 is 20.1 Å². The Morgan fingerprint density at radius 3 is 2.21 bits per heavy atom. The molecule has 3 rings (SSSR count). The van der Waals surface area contributed by atoms with E-state index in [1.54, 1.807) is 11.8 Å². The summed E-state index contributed by atoms with van der Waals surface area (Å²) in [5.74, 6) is 0.755. The molecule has 0 aliphatic rings. The van der Waals surface area contributed by atoms with Gasteiger partial charge in [-0.05, 0) is 73.8 Å². The number of halogens is 3. The molecule has 1 N–H and O–H groups in total. The molecule has 0 bridgehead atoms. The summed E-state index contributed by atoms with van der Waals surface area (Å²) in [5.41, 5.74) is 3.44. The Morgan fingerprint density at radius 2 is 1.67 bits per heavy atom. The highest BCUT2D eigenvalue weighted by Crippen LogP contribution is 2.40. The fourth-order valence-electron chi connectivity index (χ4n) is 3.29. The maximum atomic E-state index is 12.8. The molecule has 3 aromatic rings. The van der Waals surface area contributed by atoms with E-state index >= 15 is 0 Å². The van der Waals surface area contributed by atoms with Crippen LogP contribution in [-0.4, -0.2) is 18.1 Å². The van der Waals surface area contributed by atoms with Crippen molar-refractivity contribution in [2.45, 2.75) is 69.1 Å². The molecule has 0 aliphatic carbocycles. The minimum Gasteiger partial charge on any atom is -0.432 e. The predicted molar refractivity (Wildman–Crippen MR) is 135 cm³/mol. The molecule has 0 radical (unpaired) electrons. The minimum absolute atomic E-state index is 0.110. The van der Waals surface area contributed by atoms with Crippen molar-refractivity contribution in [1.29, 1.82) is 0 Å². The quantitative estimate of drug-likeness (QED) is 0.257. The van der Waals surface area contributed by atoms with Crippen LogP contribution in [0.15, 0.2) is 47.4 Å². The third-order valence-electron chi connectivity index (χ3n) is 6.32. The van der Waals surface area contributed by atoms with Crippen LogP contribution in [0.1, 0.15) is 41.1 Å². The monoisotopic (exact) mass is 509 g/mol. The first-order chi connectivity index (χ1) is 15.2. The Balaban J connectivity index is 1.69. The third-order valence-corrected chi connectivity index (χ3v) is 12.2. The second-order valence-electron chi connectivity index (χ2n) is 9.60. The maximum Gasteiger partial charge on any atom is 0.416 e. The lowest BCUT2D eigenvalue weighted by molar-refractivity contribution is -0.137. The molecule has 178 valence electrons. The molecule has 0 saturated carbocycles. The summed E-state index contributed by atoms with van der Waals surface area (Å²) >= 11 is 3.26. The van der Waals surface area contributed by atoms with Gasteiger partial charge in [-0.2, -0.15) is 13.2 Å². The van der Waals surface area contributed by atoms with E-state index in [0.29, 0.717) is 5.56 Å². The Kier molecular flexibility index (Phi) is 7.53. The molecular weight excluding hydrogens is 479 g/mol. The van der Waals surface area contributed by atoms with Gasteiger partial charge in [0.15, 0.2) is 8.32 Å². The van der Waals surface area contributed by atoms with Gasteiger partial charge < -0.3 is 4.80 Å². The number of alkyl halides is 3. The van der Waals surface area contributed by atoms with Gasteiger partial charge in [0.25, 0.3) is 0 Å². The smallest absolute Gasteiger partial charge is 0.416 e. The molecule has 0 unspecified atom stereocenters. The van der Waals surface area contributed by atoms with Crippen molar-refractivity contribution in [1.82, 2.24) is 4.98 Å². The van der Waals surface area contributed by atoms with E-state index in [2.05, 4.69) is 44.0 Å². The molecule has 0 amide bonds. The zero-order valence-electron chi connectivity index (χ0n) is 19.8. The van der Waals surface area contributed by atoms with Crippen molar-refractivity contribution in [3.8, 4) is 10.6 Å². The summed E-state index contributed by atoms with van der Waals surface area (Å²) in [6.45, 7) is 12.3. The fourth-order valence-corrected chi connectivity index (χ4v) is 6.11. The Labute approximate surface area is 203 Å². The van der Waals surface area contributed by atoms with Gasteiger partial charge in [-0.15, -0.1) is 23.1 Å². The van der Waals surface area contributed by atoms with Crippen LogP contribution < -0.4 is 0 Å². The molecule has 1 aromatic heterocycles. The zero-order valence-corrected chi connectivity index (χ0v) is 22.4. The van der Waals surface area contributed by atoms with Crippen LogP contribution >= 0.6 is 23.1 Å². The highest BCUT2D eigenvalue weighted by molar-refractivity contribution is 7.98. The summed E-state index contributed by atoms with van der Waals surface area (Å²) in [4.78, 5) is 17.5. The molecule has 0 atom stereocenters. The Hall–Kier alpha value is -1.61. The second kappa shape index (κ2) is 9.56. The molecule has 0 saturated heterocycles. The number of aromatic nitrogens is 1. The van der Waals surface area contributed by atoms with E-state index in [-0.39, 0.29) is 5.04 Å². The SMILES string of the molecule is Cc1cc(SCc2sc(-c3ccc(C(F)(F)F)cc3)nc2C)ccc1CC(C)(C)[Si](C)(C)O. The number of benzene rings is 2. The van der Waals surface area contributed by atoms with Gasteiger partial charge in [0.2, 0.25) is 0 Å². The van der Waals surface area contributed by atoms with Gasteiger partial charge in [-0.3, -0.25) is 0 Å². The Bertz CT molecular complexity index is 1120. The van der Waals surface area contributed by atoms with Crippen LogP contribution in [0.5, 0.6) is 0 Å². The zero-order chi connectivity index (χ0) is 24.6. The highest BCUT2D eigenvalue weighted by atomic mass is 32.2. The molecule has 2 nitrogen and oxygen atoms in total. The average Bonchev–Trinajstić information content (AvgIpc) is 3.07. The number of aryl methyl sites for hydroxylation is 2. The van der Waals surface area contributed by atoms with Crippen molar-refractivity contribution in [2.24, 2.45) is 0 Å². The van der Waals surface area contributed by atoms with Crippen LogP contribution in [-0.2, 0) is 18.3 Å². The molecule has 1 heterocycles. The number of hydrogen-bond acceptors (Lipinski definition) is 4. The van der Waals surface area contributed by atoms with Crippen molar-refractivity contribution >= 4 is 31.4 Å². The van der Waals surface area contributed by atoms with Crippen molar-refractivity contribution < 1.29 is 18.0 Å². The Morgan fingerprint density at radius 1 is 1.03 bits per heavy atom. The molecule has 0 fully saturated rings. The van der Waals surface area contributed by atoms with Gasteiger partial charge in [0.1, 0.15) is 5.01 Å². The molecule has 0 aliphatic heterocycles. The van der Waals surface area contributed by atoms with E-state index in [4.69, 9.17) is 0 Å². The van der Waals surface area contributed by atoms with Crippen LogP contribution in [0, 0.1) is 13.8 Å². The molecule has 33 heavy (non-hydrogen) atoms. The predicted octanol–water partition coefficient (Wildman–Crippen LogP) is 8.26. The highest BCUT2D eigenvalue weighted by Gasteiger charge is 2.38. The van der Waals surface area contributed by atoms with Crippen LogP contribution in [0.4, 0.5) is 13.2 Å².